The van der Waals surface area contributed by atoms with Crippen LogP contribution in [0.25, 0.3) is 0 Å². The zero-order valence-electron chi connectivity index (χ0n) is 10.4. The molecule has 3 rings (SSSR count). The SMILES string of the molecule is Nc1ccc(N2CCC(C[n+]3cc[nH]c3)C2)cc1. The quantitative estimate of drug-likeness (QED) is 0.632. The van der Waals surface area contributed by atoms with E-state index < -0.39 is 0 Å². The average Bonchev–Trinajstić information content (AvgIpc) is 3.02. The van der Waals surface area contributed by atoms with Crippen LogP contribution < -0.4 is 15.2 Å². The molecule has 1 aromatic heterocycles. The Morgan fingerprint density at radius 3 is 2.89 bits per heavy atom. The topological polar surface area (TPSA) is 48.9 Å². The number of H-pyrrole nitrogens is 1. The fraction of sp³-hybridized carbons (Fsp3) is 0.357. The van der Waals surface area contributed by atoms with E-state index in [9.17, 15) is 0 Å². The zero-order chi connectivity index (χ0) is 12.4. The summed E-state index contributed by atoms with van der Waals surface area (Å²) in [7, 11) is 0. The van der Waals surface area contributed by atoms with Crippen LogP contribution in [-0.4, -0.2) is 18.1 Å². The maximum absolute atomic E-state index is 5.72. The van der Waals surface area contributed by atoms with E-state index in [4.69, 9.17) is 5.73 Å². The molecule has 1 aromatic carbocycles. The number of nitrogens with two attached hydrogens (primary N) is 1. The highest BCUT2D eigenvalue weighted by Crippen LogP contribution is 2.24. The highest BCUT2D eigenvalue weighted by molar-refractivity contribution is 5.53. The number of nitrogens with zero attached hydrogens (tertiary/aromatic N) is 2. The van der Waals surface area contributed by atoms with Gasteiger partial charge in [-0.15, -0.1) is 0 Å². The third kappa shape index (κ3) is 2.32. The van der Waals surface area contributed by atoms with Crippen LogP contribution in [0.2, 0.25) is 0 Å². The molecule has 4 nitrogen and oxygen atoms in total. The van der Waals surface area contributed by atoms with Crippen molar-refractivity contribution in [3.8, 4) is 0 Å². The molecular weight excluding hydrogens is 224 g/mol. The first-order chi connectivity index (χ1) is 8.81. The van der Waals surface area contributed by atoms with Gasteiger partial charge in [0.15, 0.2) is 0 Å². The maximum atomic E-state index is 5.72. The predicted molar refractivity (Wildman–Crippen MR) is 72.2 cm³/mol. The normalized spacial score (nSPS) is 19.3. The average molecular weight is 243 g/mol. The molecule has 18 heavy (non-hydrogen) atoms. The van der Waals surface area contributed by atoms with E-state index in [0.29, 0.717) is 0 Å². The maximum Gasteiger partial charge on any atom is 0.241 e. The fourth-order valence-corrected chi connectivity index (χ4v) is 2.63. The molecule has 1 fully saturated rings. The van der Waals surface area contributed by atoms with E-state index >= 15 is 0 Å². The van der Waals surface area contributed by atoms with E-state index in [2.05, 4.69) is 32.8 Å². The van der Waals surface area contributed by atoms with Crippen molar-refractivity contribution in [2.75, 3.05) is 23.7 Å². The monoisotopic (exact) mass is 243 g/mol. The van der Waals surface area contributed by atoms with Crippen LogP contribution in [-0.2, 0) is 6.54 Å². The molecule has 0 aliphatic carbocycles. The minimum Gasteiger partial charge on any atom is -0.399 e. The molecule has 2 aromatic rings. The Kier molecular flexibility index (Phi) is 2.92. The van der Waals surface area contributed by atoms with Gasteiger partial charge in [0.25, 0.3) is 0 Å². The predicted octanol–water partition coefficient (Wildman–Crippen LogP) is 1.41. The van der Waals surface area contributed by atoms with Gasteiger partial charge >= 0.3 is 0 Å². The number of hydrogen-bond donors (Lipinski definition) is 2. The van der Waals surface area contributed by atoms with Gasteiger partial charge in [-0.2, -0.15) is 0 Å². The van der Waals surface area contributed by atoms with Crippen molar-refractivity contribution in [3.63, 3.8) is 0 Å². The molecule has 94 valence electrons. The number of benzene rings is 1. The lowest BCUT2D eigenvalue weighted by Gasteiger charge is -2.18. The summed E-state index contributed by atoms with van der Waals surface area (Å²) in [6.45, 7) is 3.36. The Labute approximate surface area is 107 Å². The molecule has 1 atom stereocenters. The van der Waals surface area contributed by atoms with E-state index in [1.165, 1.54) is 12.1 Å². The zero-order valence-corrected chi connectivity index (χ0v) is 10.4. The lowest BCUT2D eigenvalue weighted by Crippen LogP contribution is -2.36. The van der Waals surface area contributed by atoms with Gasteiger partial charge in [-0.05, 0) is 30.7 Å². The standard InChI is InChI=1S/C14H18N4/c15-13-1-3-14(4-2-13)18-7-5-12(10-18)9-17-8-6-16-11-17/h1-4,6,8,11-12H,5,7,9-10,15H2/p+1. The molecule has 1 saturated heterocycles. The lowest BCUT2D eigenvalue weighted by molar-refractivity contribution is -0.701. The van der Waals surface area contributed by atoms with E-state index in [0.717, 1.165) is 31.2 Å². The van der Waals surface area contributed by atoms with Crippen LogP contribution in [0.3, 0.4) is 0 Å². The molecule has 0 spiro atoms. The van der Waals surface area contributed by atoms with Gasteiger partial charge in [0.2, 0.25) is 6.33 Å². The summed E-state index contributed by atoms with van der Waals surface area (Å²) < 4.78 is 2.22. The number of imidazole rings is 1. The summed E-state index contributed by atoms with van der Waals surface area (Å²) in [6, 6.07) is 8.18. The second-order valence-electron chi connectivity index (χ2n) is 5.00. The van der Waals surface area contributed by atoms with Crippen LogP contribution in [0.4, 0.5) is 11.4 Å². The van der Waals surface area contributed by atoms with Crippen molar-refractivity contribution >= 4 is 11.4 Å². The Bertz CT molecular complexity index is 489. The highest BCUT2D eigenvalue weighted by Gasteiger charge is 2.24. The Hall–Kier alpha value is -1.97. The molecule has 2 heterocycles. The first kappa shape index (κ1) is 11.1. The smallest absolute Gasteiger partial charge is 0.241 e. The highest BCUT2D eigenvalue weighted by atomic mass is 15.2. The lowest BCUT2D eigenvalue weighted by atomic mass is 10.1. The summed E-state index contributed by atoms with van der Waals surface area (Å²) in [5.74, 6) is 0.725. The third-order valence-electron chi connectivity index (χ3n) is 3.62. The molecule has 1 aliphatic rings. The van der Waals surface area contributed by atoms with E-state index in [-0.39, 0.29) is 0 Å². The van der Waals surface area contributed by atoms with Crippen LogP contribution in [0, 0.1) is 5.92 Å². The van der Waals surface area contributed by atoms with Crippen molar-refractivity contribution in [2.24, 2.45) is 5.92 Å². The van der Waals surface area contributed by atoms with Gasteiger partial charge in [0.05, 0.1) is 6.54 Å². The van der Waals surface area contributed by atoms with Crippen molar-refractivity contribution in [2.45, 2.75) is 13.0 Å². The summed E-state index contributed by atoms with van der Waals surface area (Å²) in [4.78, 5) is 5.53. The number of aromatic amines is 1. The van der Waals surface area contributed by atoms with Crippen LogP contribution in [0.1, 0.15) is 6.42 Å². The van der Waals surface area contributed by atoms with Crippen molar-refractivity contribution in [3.05, 3.63) is 43.0 Å². The number of anilines is 2. The molecular formula is C14H19N4+. The van der Waals surface area contributed by atoms with Gasteiger partial charge in [-0.3, -0.25) is 4.98 Å². The minimum atomic E-state index is 0.725. The third-order valence-corrected chi connectivity index (χ3v) is 3.62. The van der Waals surface area contributed by atoms with Gasteiger partial charge < -0.3 is 10.6 Å². The molecule has 3 N–H and O–H groups in total. The van der Waals surface area contributed by atoms with E-state index in [1.54, 1.807) is 0 Å². The van der Waals surface area contributed by atoms with Crippen LogP contribution >= 0.6 is 0 Å². The van der Waals surface area contributed by atoms with Crippen LogP contribution in [0.5, 0.6) is 0 Å². The summed E-state index contributed by atoms with van der Waals surface area (Å²) in [6.07, 6.45) is 7.33. The number of nitrogen functional groups attached to an aromatic ring is 1. The largest absolute Gasteiger partial charge is 0.399 e. The molecule has 0 bridgehead atoms. The van der Waals surface area contributed by atoms with Crippen LogP contribution in [0.15, 0.2) is 43.0 Å². The number of aromatic nitrogens is 2. The molecule has 0 amide bonds. The minimum absolute atomic E-state index is 0.725. The molecule has 1 unspecified atom stereocenters. The number of nitrogens with one attached hydrogen (secondary N) is 1. The van der Waals surface area contributed by atoms with Crippen molar-refractivity contribution in [1.29, 1.82) is 0 Å². The first-order valence-corrected chi connectivity index (χ1v) is 6.43. The molecule has 0 radical (unpaired) electrons. The second-order valence-corrected chi connectivity index (χ2v) is 5.00. The molecule has 4 heteroatoms. The van der Waals surface area contributed by atoms with Gasteiger partial charge in [-0.1, -0.05) is 0 Å². The molecule has 0 saturated carbocycles. The Morgan fingerprint density at radius 2 is 2.17 bits per heavy atom. The first-order valence-electron chi connectivity index (χ1n) is 6.43. The van der Waals surface area contributed by atoms with Gasteiger partial charge in [-0.25, -0.2) is 4.57 Å². The number of rotatable bonds is 3. The van der Waals surface area contributed by atoms with Gasteiger partial charge in [0.1, 0.15) is 12.4 Å². The Balaban J connectivity index is 1.63. The molecule has 1 aliphatic heterocycles. The summed E-state index contributed by atoms with van der Waals surface area (Å²) in [5, 5.41) is 0. The van der Waals surface area contributed by atoms with E-state index in [1.807, 2.05) is 24.7 Å². The van der Waals surface area contributed by atoms with Crippen molar-refractivity contribution < 1.29 is 4.57 Å². The van der Waals surface area contributed by atoms with Crippen molar-refractivity contribution in [1.82, 2.24) is 4.98 Å². The second kappa shape index (κ2) is 4.72. The summed E-state index contributed by atoms with van der Waals surface area (Å²) >= 11 is 0. The van der Waals surface area contributed by atoms with Gasteiger partial charge in [0, 0.05) is 30.4 Å². The fourth-order valence-electron chi connectivity index (χ4n) is 2.63. The summed E-state index contributed by atoms with van der Waals surface area (Å²) in [5.41, 5.74) is 7.83. The Morgan fingerprint density at radius 1 is 1.33 bits per heavy atom. The number of hydrogen-bond acceptors (Lipinski definition) is 2.